The molecule has 0 bridgehead atoms. The number of carbonyl (C=O) groups is 1. The quantitative estimate of drug-likeness (QED) is 0.811. The van der Waals surface area contributed by atoms with Crippen molar-refractivity contribution in [3.8, 4) is 0 Å². The average molecular weight is 236 g/mol. The van der Waals surface area contributed by atoms with Crippen molar-refractivity contribution in [1.82, 2.24) is 15.3 Å². The van der Waals surface area contributed by atoms with E-state index in [1.807, 2.05) is 33.8 Å². The van der Waals surface area contributed by atoms with Gasteiger partial charge in [-0.25, -0.2) is 9.97 Å². The van der Waals surface area contributed by atoms with Gasteiger partial charge in [0.15, 0.2) is 0 Å². The maximum Gasteiger partial charge on any atom is 0.242 e. The Hall–Kier alpha value is -1.65. The van der Waals surface area contributed by atoms with Crippen molar-refractivity contribution < 1.29 is 4.79 Å². The third-order valence-electron chi connectivity index (χ3n) is 2.27. The highest BCUT2D eigenvalue weighted by molar-refractivity contribution is 5.83. The van der Waals surface area contributed by atoms with Gasteiger partial charge in [-0.3, -0.25) is 4.79 Å². The molecule has 1 unspecified atom stereocenters. The summed E-state index contributed by atoms with van der Waals surface area (Å²) >= 11 is 0. The molecule has 0 spiro atoms. The van der Waals surface area contributed by atoms with Crippen LogP contribution < -0.4 is 10.6 Å². The fourth-order valence-corrected chi connectivity index (χ4v) is 1.48. The van der Waals surface area contributed by atoms with Crippen molar-refractivity contribution in [2.75, 3.05) is 11.9 Å². The predicted octanol–water partition coefficient (Wildman–Crippen LogP) is 1.42. The molecular weight excluding hydrogens is 216 g/mol. The summed E-state index contributed by atoms with van der Waals surface area (Å²) in [6.45, 7) is 8.28. The van der Waals surface area contributed by atoms with Gasteiger partial charge in [-0.05, 0) is 27.2 Å². The normalized spacial score (nSPS) is 12.0. The van der Waals surface area contributed by atoms with E-state index in [4.69, 9.17) is 0 Å². The zero-order chi connectivity index (χ0) is 12.8. The molecule has 0 aliphatic heterocycles. The molecule has 1 atom stereocenters. The molecule has 0 aliphatic carbocycles. The van der Waals surface area contributed by atoms with Gasteiger partial charge >= 0.3 is 0 Å². The Kier molecular flexibility index (Phi) is 4.87. The summed E-state index contributed by atoms with van der Waals surface area (Å²) in [6, 6.07) is 1.53. The van der Waals surface area contributed by atoms with Crippen molar-refractivity contribution in [1.29, 1.82) is 0 Å². The Morgan fingerprint density at radius 1 is 1.41 bits per heavy atom. The van der Waals surface area contributed by atoms with Gasteiger partial charge in [0, 0.05) is 18.3 Å². The highest BCUT2D eigenvalue weighted by Crippen LogP contribution is 2.07. The lowest BCUT2D eigenvalue weighted by Crippen LogP contribution is -2.38. The van der Waals surface area contributed by atoms with Crippen LogP contribution in [0.25, 0.3) is 0 Å². The smallest absolute Gasteiger partial charge is 0.242 e. The molecule has 0 saturated heterocycles. The first-order valence-corrected chi connectivity index (χ1v) is 5.89. The van der Waals surface area contributed by atoms with Crippen LogP contribution in [0, 0.1) is 13.8 Å². The van der Waals surface area contributed by atoms with Crippen molar-refractivity contribution in [2.24, 2.45) is 0 Å². The highest BCUT2D eigenvalue weighted by atomic mass is 16.2. The Labute approximate surface area is 102 Å². The van der Waals surface area contributed by atoms with E-state index in [1.165, 1.54) is 0 Å². The first kappa shape index (κ1) is 13.4. The number of carbonyl (C=O) groups excluding carboxylic acids is 1. The summed E-state index contributed by atoms with van der Waals surface area (Å²) in [5.41, 5.74) is 0.890. The maximum absolute atomic E-state index is 11.7. The molecule has 0 fully saturated rings. The largest absolute Gasteiger partial charge is 0.359 e. The Balaban J connectivity index is 2.60. The minimum atomic E-state index is -0.296. The monoisotopic (exact) mass is 236 g/mol. The maximum atomic E-state index is 11.7. The Morgan fingerprint density at radius 3 is 2.71 bits per heavy atom. The van der Waals surface area contributed by atoms with Gasteiger partial charge in [-0.2, -0.15) is 0 Å². The van der Waals surface area contributed by atoms with Gasteiger partial charge in [0.2, 0.25) is 5.91 Å². The molecule has 5 nitrogen and oxygen atoms in total. The molecule has 1 aromatic heterocycles. The lowest BCUT2D eigenvalue weighted by atomic mass is 10.3. The SMILES string of the molecule is CCCNC(=O)C(C)Nc1cc(C)nc(C)n1. The third-order valence-corrected chi connectivity index (χ3v) is 2.27. The van der Waals surface area contributed by atoms with Crippen molar-refractivity contribution in [3.05, 3.63) is 17.6 Å². The summed E-state index contributed by atoms with van der Waals surface area (Å²) < 4.78 is 0. The van der Waals surface area contributed by atoms with Crippen LogP contribution >= 0.6 is 0 Å². The fourth-order valence-electron chi connectivity index (χ4n) is 1.48. The number of hydrogen-bond acceptors (Lipinski definition) is 4. The molecule has 0 saturated carbocycles. The van der Waals surface area contributed by atoms with Crippen molar-refractivity contribution >= 4 is 11.7 Å². The molecule has 1 aromatic rings. The summed E-state index contributed by atoms with van der Waals surface area (Å²) in [7, 11) is 0. The van der Waals surface area contributed by atoms with Gasteiger partial charge in [-0.1, -0.05) is 6.92 Å². The minimum Gasteiger partial charge on any atom is -0.359 e. The van der Waals surface area contributed by atoms with Crippen LogP contribution in [0.4, 0.5) is 5.82 Å². The third kappa shape index (κ3) is 4.38. The second-order valence-electron chi connectivity index (χ2n) is 4.10. The number of anilines is 1. The number of nitrogens with zero attached hydrogens (tertiary/aromatic N) is 2. The van der Waals surface area contributed by atoms with E-state index >= 15 is 0 Å². The standard InChI is InChI=1S/C12H20N4O/c1-5-6-13-12(17)9(3)15-11-7-8(2)14-10(4)16-11/h7,9H,5-6H2,1-4H3,(H,13,17)(H,14,15,16). The number of hydrogen-bond donors (Lipinski definition) is 2. The first-order chi connectivity index (χ1) is 8.02. The second-order valence-corrected chi connectivity index (χ2v) is 4.10. The van der Waals surface area contributed by atoms with Gasteiger partial charge in [-0.15, -0.1) is 0 Å². The molecule has 17 heavy (non-hydrogen) atoms. The molecule has 1 rings (SSSR count). The molecule has 1 amide bonds. The molecule has 5 heteroatoms. The number of aromatic nitrogens is 2. The van der Waals surface area contributed by atoms with Crippen molar-refractivity contribution in [2.45, 2.75) is 40.2 Å². The van der Waals surface area contributed by atoms with E-state index in [0.29, 0.717) is 18.2 Å². The van der Waals surface area contributed by atoms with Crippen LogP contribution in [0.15, 0.2) is 6.07 Å². The van der Waals surface area contributed by atoms with E-state index in [0.717, 1.165) is 12.1 Å². The Morgan fingerprint density at radius 2 is 2.12 bits per heavy atom. The van der Waals surface area contributed by atoms with E-state index in [2.05, 4.69) is 20.6 Å². The summed E-state index contributed by atoms with van der Waals surface area (Å²) in [5, 5.41) is 5.91. The molecule has 0 aromatic carbocycles. The molecular formula is C12H20N4O. The molecule has 0 radical (unpaired) electrons. The van der Waals surface area contributed by atoms with Gasteiger partial charge in [0.1, 0.15) is 17.7 Å². The van der Waals surface area contributed by atoms with Gasteiger partial charge in [0.25, 0.3) is 0 Å². The van der Waals surface area contributed by atoms with Gasteiger partial charge in [0.05, 0.1) is 0 Å². The van der Waals surface area contributed by atoms with Crippen LogP contribution in [0.2, 0.25) is 0 Å². The summed E-state index contributed by atoms with van der Waals surface area (Å²) in [5.74, 6) is 1.38. The first-order valence-electron chi connectivity index (χ1n) is 5.89. The second kappa shape index (κ2) is 6.18. The summed E-state index contributed by atoms with van der Waals surface area (Å²) in [4.78, 5) is 20.1. The van der Waals surface area contributed by atoms with Crippen molar-refractivity contribution in [3.63, 3.8) is 0 Å². The van der Waals surface area contributed by atoms with Gasteiger partial charge < -0.3 is 10.6 Å². The van der Waals surface area contributed by atoms with E-state index in [9.17, 15) is 4.79 Å². The average Bonchev–Trinajstić information content (AvgIpc) is 2.24. The number of aryl methyl sites for hydroxylation is 2. The zero-order valence-electron chi connectivity index (χ0n) is 10.9. The molecule has 0 aliphatic rings. The number of nitrogens with one attached hydrogen (secondary N) is 2. The number of amides is 1. The molecule has 94 valence electrons. The lowest BCUT2D eigenvalue weighted by molar-refractivity contribution is -0.121. The molecule has 1 heterocycles. The van der Waals surface area contributed by atoms with Crippen LogP contribution in [-0.2, 0) is 4.79 Å². The zero-order valence-corrected chi connectivity index (χ0v) is 10.9. The van der Waals surface area contributed by atoms with Crippen LogP contribution in [0.1, 0.15) is 31.8 Å². The predicted molar refractivity (Wildman–Crippen MR) is 67.9 cm³/mol. The van der Waals surface area contributed by atoms with Crippen LogP contribution in [0.3, 0.4) is 0 Å². The fraction of sp³-hybridized carbons (Fsp3) is 0.583. The lowest BCUT2D eigenvalue weighted by Gasteiger charge is -2.14. The summed E-state index contributed by atoms with van der Waals surface area (Å²) in [6.07, 6.45) is 0.935. The minimum absolute atomic E-state index is 0.0132. The van der Waals surface area contributed by atoms with E-state index < -0.39 is 0 Å². The van der Waals surface area contributed by atoms with E-state index in [-0.39, 0.29) is 11.9 Å². The van der Waals surface area contributed by atoms with E-state index in [1.54, 1.807) is 0 Å². The Bertz CT molecular complexity index is 372. The highest BCUT2D eigenvalue weighted by Gasteiger charge is 2.12. The molecule has 2 N–H and O–H groups in total. The van der Waals surface area contributed by atoms with Crippen LogP contribution in [0.5, 0.6) is 0 Å². The topological polar surface area (TPSA) is 66.9 Å². The van der Waals surface area contributed by atoms with Crippen LogP contribution in [-0.4, -0.2) is 28.5 Å². The number of rotatable bonds is 5.